The molecule has 1 aliphatic heterocycles. The molecule has 1 unspecified atom stereocenters. The number of carbonyl (C=O) groups excluding carboxylic acids is 1. The van der Waals surface area contributed by atoms with Gasteiger partial charge in [-0.2, -0.15) is 5.26 Å². The van der Waals surface area contributed by atoms with Gasteiger partial charge in [0.2, 0.25) is 0 Å². The maximum Gasteiger partial charge on any atom is 0.161 e. The Morgan fingerprint density at radius 1 is 1.08 bits per heavy atom. The molecule has 7 heteroatoms. The van der Waals surface area contributed by atoms with Gasteiger partial charge in [0.1, 0.15) is 18.2 Å². The smallest absolute Gasteiger partial charge is 0.161 e. The highest BCUT2D eigenvalue weighted by molar-refractivity contribution is 9.10. The predicted molar refractivity (Wildman–Crippen MR) is 159 cm³/mol. The SMILES string of the molecule is Cc1ccc(N2C(N)=C(C#N)C(c3cc(COc4ccccc4Br)c(C)cc3C)C3=C2CCCC3=O)cc1Cl. The van der Waals surface area contributed by atoms with E-state index >= 15 is 0 Å². The molecule has 0 spiro atoms. The first-order chi connectivity index (χ1) is 18.7. The average Bonchev–Trinajstić information content (AvgIpc) is 2.90. The first-order valence-corrected chi connectivity index (χ1v) is 14.1. The van der Waals surface area contributed by atoms with Crippen molar-refractivity contribution in [1.29, 1.82) is 5.26 Å². The number of nitriles is 1. The highest BCUT2D eigenvalue weighted by atomic mass is 79.9. The summed E-state index contributed by atoms with van der Waals surface area (Å²) < 4.78 is 7.01. The van der Waals surface area contributed by atoms with Gasteiger partial charge in [-0.1, -0.05) is 41.9 Å². The van der Waals surface area contributed by atoms with Crippen molar-refractivity contribution in [3.05, 3.63) is 115 Å². The fraction of sp³-hybridized carbons (Fsp3) is 0.250. The number of para-hydroxylation sites is 1. The van der Waals surface area contributed by atoms with Crippen molar-refractivity contribution in [3.8, 4) is 11.8 Å². The number of Topliss-reactive ketones (excluding diaryl/α,β-unsaturated/α-hetero) is 1. The van der Waals surface area contributed by atoms with Gasteiger partial charge in [-0.15, -0.1) is 0 Å². The summed E-state index contributed by atoms with van der Waals surface area (Å²) >= 11 is 10.0. The number of nitrogens with two attached hydrogens (primary N) is 1. The summed E-state index contributed by atoms with van der Waals surface area (Å²) in [6.45, 7) is 6.35. The van der Waals surface area contributed by atoms with Crippen LogP contribution in [0.15, 0.2) is 81.7 Å². The number of hydrogen-bond donors (Lipinski definition) is 1. The molecule has 1 aliphatic carbocycles. The predicted octanol–water partition coefficient (Wildman–Crippen LogP) is 7.91. The number of aryl methyl sites for hydroxylation is 3. The zero-order chi connectivity index (χ0) is 27.8. The number of anilines is 1. The third kappa shape index (κ3) is 4.97. The van der Waals surface area contributed by atoms with E-state index in [4.69, 9.17) is 22.1 Å². The Balaban J connectivity index is 1.64. The monoisotopic (exact) mass is 601 g/mol. The minimum Gasteiger partial charge on any atom is -0.488 e. The molecule has 198 valence electrons. The van der Waals surface area contributed by atoms with Crippen molar-refractivity contribution in [3.63, 3.8) is 0 Å². The third-order valence-electron chi connectivity index (χ3n) is 7.58. The number of ketones is 1. The molecule has 0 saturated carbocycles. The van der Waals surface area contributed by atoms with Crippen molar-refractivity contribution in [2.75, 3.05) is 4.90 Å². The Labute approximate surface area is 242 Å². The normalized spacial score (nSPS) is 17.3. The van der Waals surface area contributed by atoms with Crippen LogP contribution in [0, 0.1) is 32.1 Å². The molecule has 3 aromatic rings. The van der Waals surface area contributed by atoms with Gasteiger partial charge >= 0.3 is 0 Å². The van der Waals surface area contributed by atoms with Gasteiger partial charge in [0.05, 0.1) is 22.0 Å². The molecule has 0 aromatic heterocycles. The van der Waals surface area contributed by atoms with E-state index in [0.29, 0.717) is 41.4 Å². The summed E-state index contributed by atoms with van der Waals surface area (Å²) in [5.74, 6) is 0.591. The van der Waals surface area contributed by atoms with Gasteiger partial charge in [-0.3, -0.25) is 9.69 Å². The third-order valence-corrected chi connectivity index (χ3v) is 8.64. The molecular formula is C32H29BrClN3O2. The molecule has 5 rings (SSSR count). The summed E-state index contributed by atoms with van der Waals surface area (Å²) in [4.78, 5) is 15.4. The molecule has 0 amide bonds. The van der Waals surface area contributed by atoms with Crippen molar-refractivity contribution in [2.24, 2.45) is 5.73 Å². The number of allylic oxidation sites excluding steroid dienone is 3. The lowest BCUT2D eigenvalue weighted by atomic mass is 9.74. The van der Waals surface area contributed by atoms with Crippen LogP contribution in [-0.4, -0.2) is 5.78 Å². The van der Waals surface area contributed by atoms with E-state index in [-0.39, 0.29) is 5.78 Å². The van der Waals surface area contributed by atoms with Crippen LogP contribution in [0.5, 0.6) is 5.75 Å². The molecule has 0 fully saturated rings. The van der Waals surface area contributed by atoms with E-state index in [0.717, 1.165) is 55.8 Å². The van der Waals surface area contributed by atoms with Crippen LogP contribution in [0.3, 0.4) is 0 Å². The van der Waals surface area contributed by atoms with Gasteiger partial charge in [0, 0.05) is 28.4 Å². The van der Waals surface area contributed by atoms with Crippen LogP contribution in [0.2, 0.25) is 5.02 Å². The van der Waals surface area contributed by atoms with Gasteiger partial charge in [-0.25, -0.2) is 0 Å². The summed E-state index contributed by atoms with van der Waals surface area (Å²) in [6, 6.07) is 20.0. The molecule has 5 nitrogen and oxygen atoms in total. The molecule has 3 aromatic carbocycles. The Hall–Kier alpha value is -3.53. The maximum absolute atomic E-state index is 13.6. The lowest BCUT2D eigenvalue weighted by molar-refractivity contribution is -0.116. The first-order valence-electron chi connectivity index (χ1n) is 12.9. The number of rotatable bonds is 5. The van der Waals surface area contributed by atoms with E-state index in [2.05, 4.69) is 34.1 Å². The highest BCUT2D eigenvalue weighted by Gasteiger charge is 2.41. The number of halogens is 2. The van der Waals surface area contributed by atoms with Gasteiger partial charge in [-0.05, 0) is 102 Å². The van der Waals surface area contributed by atoms with E-state index in [9.17, 15) is 10.1 Å². The van der Waals surface area contributed by atoms with Crippen LogP contribution in [0.1, 0.15) is 53.0 Å². The van der Waals surface area contributed by atoms with Crippen LogP contribution in [0.25, 0.3) is 0 Å². The van der Waals surface area contributed by atoms with Crippen molar-refractivity contribution >= 4 is 39.0 Å². The first kappa shape index (κ1) is 27.1. The van der Waals surface area contributed by atoms with E-state index in [1.165, 1.54) is 0 Å². The average molecular weight is 603 g/mol. The molecule has 0 bridgehead atoms. The highest BCUT2D eigenvalue weighted by Crippen LogP contribution is 2.47. The molecule has 1 atom stereocenters. The number of nitrogens with zero attached hydrogens (tertiary/aromatic N) is 2. The summed E-state index contributed by atoms with van der Waals surface area (Å²) in [7, 11) is 0. The van der Waals surface area contributed by atoms with Crippen molar-refractivity contribution < 1.29 is 9.53 Å². The summed E-state index contributed by atoms with van der Waals surface area (Å²) in [6.07, 6.45) is 1.86. The van der Waals surface area contributed by atoms with Gasteiger partial charge in [0.25, 0.3) is 0 Å². The number of benzene rings is 3. The molecule has 1 heterocycles. The molecule has 0 radical (unpaired) electrons. The largest absolute Gasteiger partial charge is 0.488 e. The number of hydrogen-bond acceptors (Lipinski definition) is 5. The summed E-state index contributed by atoms with van der Waals surface area (Å²) in [5, 5.41) is 11.0. The molecular weight excluding hydrogens is 574 g/mol. The minimum absolute atomic E-state index is 0.0516. The fourth-order valence-electron chi connectivity index (χ4n) is 5.51. The van der Waals surface area contributed by atoms with Crippen molar-refractivity contribution in [1.82, 2.24) is 0 Å². The zero-order valence-corrected chi connectivity index (χ0v) is 24.5. The van der Waals surface area contributed by atoms with Crippen LogP contribution < -0.4 is 15.4 Å². The van der Waals surface area contributed by atoms with E-state index < -0.39 is 5.92 Å². The minimum atomic E-state index is -0.544. The Morgan fingerprint density at radius 3 is 2.56 bits per heavy atom. The zero-order valence-electron chi connectivity index (χ0n) is 22.1. The quantitative estimate of drug-likeness (QED) is 0.321. The lowest BCUT2D eigenvalue weighted by Gasteiger charge is -2.40. The second-order valence-corrected chi connectivity index (χ2v) is 11.4. The van der Waals surface area contributed by atoms with Crippen LogP contribution in [0.4, 0.5) is 5.69 Å². The van der Waals surface area contributed by atoms with Crippen molar-refractivity contribution in [2.45, 2.75) is 52.6 Å². The second kappa shape index (κ2) is 10.9. The van der Waals surface area contributed by atoms with Crippen LogP contribution >= 0.6 is 27.5 Å². The van der Waals surface area contributed by atoms with Gasteiger partial charge < -0.3 is 10.5 Å². The number of carbonyl (C=O) groups is 1. The summed E-state index contributed by atoms with van der Waals surface area (Å²) in [5.41, 5.74) is 14.3. The maximum atomic E-state index is 13.6. The Morgan fingerprint density at radius 2 is 1.85 bits per heavy atom. The Kier molecular flexibility index (Phi) is 7.57. The lowest BCUT2D eigenvalue weighted by Crippen LogP contribution is -2.39. The molecule has 39 heavy (non-hydrogen) atoms. The molecule has 2 N–H and O–H groups in total. The van der Waals surface area contributed by atoms with Crippen LogP contribution in [-0.2, 0) is 11.4 Å². The number of ether oxygens (including phenoxy) is 1. The molecule has 2 aliphatic rings. The topological polar surface area (TPSA) is 79.3 Å². The fourth-order valence-corrected chi connectivity index (χ4v) is 6.09. The molecule has 0 saturated heterocycles. The standard InChI is InChI=1S/C32H29BrClN3O2/c1-18-11-12-22(15-26(18)34)37-27-8-6-9-28(38)31(27)30(24(16-35)32(37)36)23-14-21(19(2)13-20(23)3)17-39-29-10-5-4-7-25(29)33/h4-5,7,10-15,30H,6,8-9,17,36H2,1-3H3. The van der Waals surface area contributed by atoms with E-state index in [1.54, 1.807) is 0 Å². The van der Waals surface area contributed by atoms with E-state index in [1.807, 2.05) is 68.1 Å². The Bertz CT molecular complexity index is 1600. The van der Waals surface area contributed by atoms with Gasteiger partial charge in [0.15, 0.2) is 5.78 Å². The second-order valence-electron chi connectivity index (χ2n) is 10.1.